The first-order valence-corrected chi connectivity index (χ1v) is 14.9. The van der Waals surface area contributed by atoms with Gasteiger partial charge in [-0.3, -0.25) is 9.23 Å². The van der Waals surface area contributed by atoms with E-state index in [4.69, 9.17) is 9.29 Å². The quantitative estimate of drug-likeness (QED) is 0.266. The highest BCUT2D eigenvalue weighted by Gasteiger charge is 2.40. The minimum absolute atomic E-state index is 0.0568. The van der Waals surface area contributed by atoms with Crippen molar-refractivity contribution >= 4 is 21.9 Å². The van der Waals surface area contributed by atoms with Gasteiger partial charge in [-0.1, -0.05) is 53.7 Å². The van der Waals surface area contributed by atoms with Crippen LogP contribution >= 0.6 is 11.8 Å². The molecule has 40 heavy (non-hydrogen) atoms. The predicted molar refractivity (Wildman–Crippen MR) is 152 cm³/mol. The molecule has 1 N–H and O–H groups in total. The topological polar surface area (TPSA) is 105 Å². The zero-order valence-electron chi connectivity index (χ0n) is 22.4. The molecular weight excluding hydrogens is 549 g/mol. The third kappa shape index (κ3) is 6.80. The maximum absolute atomic E-state index is 15.4. The normalized spacial score (nSPS) is 18.9. The first kappa shape index (κ1) is 29.5. The largest absolute Gasteiger partial charge is 0.378 e. The zero-order chi connectivity index (χ0) is 28.9. The van der Waals surface area contributed by atoms with E-state index in [1.807, 2.05) is 62.0 Å². The van der Waals surface area contributed by atoms with Crippen molar-refractivity contribution in [3.63, 3.8) is 0 Å². The molecule has 1 aromatic heterocycles. The molecule has 2 atom stereocenters. The molecule has 1 saturated heterocycles. The van der Waals surface area contributed by atoms with Gasteiger partial charge in [0.25, 0.3) is 10.1 Å². The standard InChI is InChI=1S/C23H22FN3OS.C7H8O3S/c1-16-14-23(15-25,11-13-28-16)19-4-3-5-21(22(19)24)29-18-8-6-17(7-9-18)20-10-12-26-27(20)2;1-6-2-4-7(5-3-6)11(8,9)10/h3-10,12,16H,11,13-14H2,1-2H3;2-5H,1H3,(H,8,9,10)/t16-,23-;/m0./s1. The Balaban J connectivity index is 0.000000283. The van der Waals surface area contributed by atoms with Crippen molar-refractivity contribution < 1.29 is 22.1 Å². The Morgan fingerprint density at radius 1 is 1.12 bits per heavy atom. The van der Waals surface area contributed by atoms with Crippen molar-refractivity contribution in [3.05, 3.63) is 95.9 Å². The molecule has 4 aromatic rings. The van der Waals surface area contributed by atoms with Gasteiger partial charge in [-0.25, -0.2) is 4.39 Å². The van der Waals surface area contributed by atoms with Crippen LogP contribution < -0.4 is 0 Å². The summed E-state index contributed by atoms with van der Waals surface area (Å²) in [6.45, 7) is 4.25. The van der Waals surface area contributed by atoms with Crippen molar-refractivity contribution in [2.24, 2.45) is 7.05 Å². The molecule has 1 aliphatic heterocycles. The molecule has 10 heteroatoms. The number of hydrogen-bond donors (Lipinski definition) is 1. The average Bonchev–Trinajstić information content (AvgIpc) is 3.36. The highest BCUT2D eigenvalue weighted by Crippen LogP contribution is 2.41. The first-order chi connectivity index (χ1) is 19.0. The van der Waals surface area contributed by atoms with Gasteiger partial charge in [-0.2, -0.15) is 18.8 Å². The van der Waals surface area contributed by atoms with E-state index in [0.29, 0.717) is 29.9 Å². The van der Waals surface area contributed by atoms with Crippen molar-refractivity contribution in [1.82, 2.24) is 9.78 Å². The van der Waals surface area contributed by atoms with Crippen molar-refractivity contribution in [3.8, 4) is 17.3 Å². The second-order valence-electron chi connectivity index (χ2n) is 9.70. The fraction of sp³-hybridized carbons (Fsp3) is 0.267. The summed E-state index contributed by atoms with van der Waals surface area (Å²) >= 11 is 1.37. The number of benzene rings is 3. The van der Waals surface area contributed by atoms with Crippen molar-refractivity contribution in [2.45, 2.75) is 52.9 Å². The Morgan fingerprint density at radius 2 is 1.82 bits per heavy atom. The molecule has 1 fully saturated rings. The van der Waals surface area contributed by atoms with Crippen molar-refractivity contribution in [1.29, 1.82) is 5.26 Å². The molecule has 0 bridgehead atoms. The van der Waals surface area contributed by atoms with Gasteiger partial charge >= 0.3 is 0 Å². The van der Waals surface area contributed by atoms with Crippen LogP contribution in [0.3, 0.4) is 0 Å². The molecule has 1 aliphatic rings. The number of nitrogens with zero attached hydrogens (tertiary/aromatic N) is 3. The molecule has 0 unspecified atom stereocenters. The average molecular weight is 580 g/mol. The molecule has 2 heterocycles. The van der Waals surface area contributed by atoms with Crippen molar-refractivity contribution in [2.75, 3.05) is 6.61 Å². The van der Waals surface area contributed by atoms with E-state index in [1.165, 1.54) is 23.9 Å². The summed E-state index contributed by atoms with van der Waals surface area (Å²) in [5, 5.41) is 14.1. The van der Waals surface area contributed by atoms with Crippen LogP contribution in [0.15, 0.2) is 93.7 Å². The van der Waals surface area contributed by atoms with Crippen LogP contribution in [0.1, 0.15) is 30.9 Å². The van der Waals surface area contributed by atoms with Gasteiger partial charge in [0.1, 0.15) is 5.82 Å². The number of aromatic nitrogens is 2. The number of aryl methyl sites for hydroxylation is 2. The molecule has 7 nitrogen and oxygen atoms in total. The number of ether oxygens (including phenoxy) is 1. The third-order valence-corrected chi connectivity index (χ3v) is 8.69. The molecule has 0 radical (unpaired) electrons. The van der Waals surface area contributed by atoms with E-state index in [9.17, 15) is 13.7 Å². The Hall–Kier alpha value is -3.49. The van der Waals surface area contributed by atoms with Crippen LogP contribution in [0, 0.1) is 24.1 Å². The van der Waals surface area contributed by atoms with Gasteiger partial charge in [-0.05, 0) is 68.7 Å². The molecule has 3 aromatic carbocycles. The summed E-state index contributed by atoms with van der Waals surface area (Å²) < 4.78 is 52.4. The lowest BCUT2D eigenvalue weighted by atomic mass is 9.73. The van der Waals surface area contributed by atoms with E-state index in [-0.39, 0.29) is 16.8 Å². The third-order valence-electron chi connectivity index (χ3n) is 6.78. The summed E-state index contributed by atoms with van der Waals surface area (Å²) in [5.74, 6) is -0.302. The van der Waals surface area contributed by atoms with Crippen LogP contribution in [0.5, 0.6) is 0 Å². The van der Waals surface area contributed by atoms with E-state index in [2.05, 4.69) is 11.2 Å². The van der Waals surface area contributed by atoms with Gasteiger partial charge in [0.15, 0.2) is 0 Å². The molecule has 0 saturated carbocycles. The number of hydrogen-bond acceptors (Lipinski definition) is 6. The molecule has 5 rings (SSSR count). The Kier molecular flexibility index (Phi) is 9.11. The van der Waals surface area contributed by atoms with Crippen LogP contribution in [0.4, 0.5) is 4.39 Å². The zero-order valence-corrected chi connectivity index (χ0v) is 24.0. The second kappa shape index (κ2) is 12.4. The highest BCUT2D eigenvalue weighted by molar-refractivity contribution is 7.99. The first-order valence-electron chi connectivity index (χ1n) is 12.6. The molecule has 0 amide bonds. The molecule has 0 spiro atoms. The maximum Gasteiger partial charge on any atom is 0.294 e. The monoisotopic (exact) mass is 579 g/mol. The van der Waals surface area contributed by atoms with Crippen LogP contribution in [-0.4, -0.2) is 35.5 Å². The van der Waals surface area contributed by atoms with E-state index in [1.54, 1.807) is 30.5 Å². The Morgan fingerprint density at radius 3 is 2.40 bits per heavy atom. The van der Waals surface area contributed by atoms with Gasteiger partial charge in [0, 0.05) is 35.2 Å². The van der Waals surface area contributed by atoms with Gasteiger partial charge in [0.2, 0.25) is 0 Å². The Labute approximate surface area is 238 Å². The predicted octanol–water partition coefficient (Wildman–Crippen LogP) is 6.58. The molecule has 0 aliphatic carbocycles. The Bertz CT molecular complexity index is 1610. The minimum Gasteiger partial charge on any atom is -0.378 e. The van der Waals surface area contributed by atoms with Gasteiger partial charge in [0.05, 0.1) is 28.2 Å². The lowest BCUT2D eigenvalue weighted by Crippen LogP contribution is -2.37. The number of rotatable bonds is 5. The SMILES string of the molecule is C[C@H]1C[C@@](C#N)(c2cccc(Sc3ccc(-c4ccnn4C)cc3)c2F)CCO1.Cc1ccc(S(=O)(=O)O)cc1. The fourth-order valence-corrected chi connectivity index (χ4v) is 5.99. The lowest BCUT2D eigenvalue weighted by molar-refractivity contribution is 0.00275. The maximum atomic E-state index is 15.4. The summed E-state index contributed by atoms with van der Waals surface area (Å²) in [6, 6.07) is 23.7. The van der Waals surface area contributed by atoms with Crippen LogP contribution in [-0.2, 0) is 27.3 Å². The van der Waals surface area contributed by atoms with Gasteiger partial charge in [-0.15, -0.1) is 0 Å². The highest BCUT2D eigenvalue weighted by atomic mass is 32.2. The van der Waals surface area contributed by atoms with E-state index in [0.717, 1.165) is 21.7 Å². The summed E-state index contributed by atoms with van der Waals surface area (Å²) in [4.78, 5) is 1.41. The lowest BCUT2D eigenvalue weighted by Gasteiger charge is -2.35. The number of halogens is 1. The fourth-order valence-electron chi connectivity index (χ4n) is 4.64. The summed E-state index contributed by atoms with van der Waals surface area (Å²) in [6.07, 6.45) is 2.73. The van der Waals surface area contributed by atoms with Gasteiger partial charge < -0.3 is 4.74 Å². The summed E-state index contributed by atoms with van der Waals surface area (Å²) in [5.41, 5.74) is 2.69. The van der Waals surface area contributed by atoms with Crippen LogP contribution in [0.2, 0.25) is 0 Å². The van der Waals surface area contributed by atoms with E-state index < -0.39 is 15.5 Å². The smallest absolute Gasteiger partial charge is 0.294 e. The van der Waals surface area contributed by atoms with E-state index >= 15 is 4.39 Å². The molecular formula is C30H30FN3O4S2. The second-order valence-corrected chi connectivity index (χ2v) is 12.2. The summed E-state index contributed by atoms with van der Waals surface area (Å²) in [7, 11) is -2.12. The molecule has 208 valence electrons. The number of nitriles is 1. The van der Waals surface area contributed by atoms with Crippen LogP contribution in [0.25, 0.3) is 11.3 Å². The minimum atomic E-state index is -4.02.